The third-order valence-electron chi connectivity index (χ3n) is 3.91. The van der Waals surface area contributed by atoms with Gasteiger partial charge in [0.2, 0.25) is 0 Å². The van der Waals surface area contributed by atoms with Gasteiger partial charge in [0.05, 0.1) is 23.4 Å². The fourth-order valence-corrected chi connectivity index (χ4v) is 4.52. The van der Waals surface area contributed by atoms with Crippen molar-refractivity contribution in [2.24, 2.45) is 0 Å². The molecular weight excluding hydrogens is 406 g/mol. The summed E-state index contributed by atoms with van der Waals surface area (Å²) in [6.45, 7) is 0.740. The summed E-state index contributed by atoms with van der Waals surface area (Å²) >= 11 is 10.4. The molecule has 2 atom stereocenters. The van der Waals surface area contributed by atoms with Crippen LogP contribution in [0.5, 0.6) is 0 Å². The van der Waals surface area contributed by atoms with Crippen LogP contribution >= 0.6 is 38.9 Å². The molecule has 6 nitrogen and oxygen atoms in total. The molecule has 2 aromatic rings. The van der Waals surface area contributed by atoms with E-state index in [1.54, 1.807) is 0 Å². The average Bonchev–Trinajstić information content (AvgIpc) is 2.81. The third kappa shape index (κ3) is 3.51. The number of nitrogens with zero attached hydrogens (tertiary/aromatic N) is 2. The van der Waals surface area contributed by atoms with E-state index in [4.69, 9.17) is 11.6 Å². The van der Waals surface area contributed by atoms with Gasteiger partial charge in [-0.05, 0) is 35.3 Å². The first-order valence-corrected chi connectivity index (χ1v) is 9.22. The van der Waals surface area contributed by atoms with Crippen molar-refractivity contribution in [3.05, 3.63) is 25.5 Å². The van der Waals surface area contributed by atoms with Crippen molar-refractivity contribution in [2.45, 2.75) is 38.0 Å². The Balaban J connectivity index is 1.77. The molecule has 0 radical (unpaired) electrons. The molecule has 0 aromatic carbocycles. The molecule has 0 saturated carbocycles. The molecule has 0 unspecified atom stereocenters. The molecule has 0 spiro atoms. The summed E-state index contributed by atoms with van der Waals surface area (Å²) < 4.78 is 2.78. The van der Waals surface area contributed by atoms with Gasteiger partial charge in [-0.2, -0.15) is 0 Å². The second kappa shape index (κ2) is 6.98. The molecule has 1 fully saturated rings. The summed E-state index contributed by atoms with van der Waals surface area (Å²) in [7, 11) is 0. The Kier molecular flexibility index (Phi) is 5.17. The Hall–Kier alpha value is -0.800. The number of piperidine rings is 1. The standard InChI is InChI=1S/C14H15BrClN3O3S/c15-10-11-12(23-13(10)16)14(22)19(6-18-11)5-7(20)4-8-9(21)2-1-3-17-8/h6,8-9,17,21H,1-5H2/t8-,9+/m1/s1. The van der Waals surface area contributed by atoms with Crippen molar-refractivity contribution in [3.63, 3.8) is 0 Å². The van der Waals surface area contributed by atoms with Gasteiger partial charge in [0, 0.05) is 12.5 Å². The molecule has 124 valence electrons. The molecule has 1 saturated heterocycles. The molecular formula is C14H15BrClN3O3S. The van der Waals surface area contributed by atoms with E-state index in [0.717, 1.165) is 24.3 Å². The number of hydrogen-bond acceptors (Lipinski definition) is 6. The highest BCUT2D eigenvalue weighted by Gasteiger charge is 2.25. The van der Waals surface area contributed by atoms with Crippen molar-refractivity contribution < 1.29 is 9.90 Å². The lowest BCUT2D eigenvalue weighted by Crippen LogP contribution is -2.46. The third-order valence-corrected chi connectivity index (χ3v) is 6.55. The number of carbonyl (C=O) groups is 1. The second-order valence-electron chi connectivity index (χ2n) is 5.56. The normalized spacial score (nSPS) is 21.7. The zero-order valence-electron chi connectivity index (χ0n) is 12.1. The molecule has 1 aliphatic heterocycles. The van der Waals surface area contributed by atoms with Crippen LogP contribution in [0, 0.1) is 0 Å². The van der Waals surface area contributed by atoms with E-state index in [-0.39, 0.29) is 30.3 Å². The van der Waals surface area contributed by atoms with Crippen LogP contribution in [0.3, 0.4) is 0 Å². The average molecular weight is 421 g/mol. The molecule has 0 bridgehead atoms. The molecule has 2 N–H and O–H groups in total. The molecule has 3 heterocycles. The van der Waals surface area contributed by atoms with Crippen LogP contribution in [0.25, 0.3) is 10.2 Å². The van der Waals surface area contributed by atoms with Gasteiger partial charge < -0.3 is 10.4 Å². The number of halogens is 2. The van der Waals surface area contributed by atoms with E-state index in [9.17, 15) is 14.7 Å². The monoisotopic (exact) mass is 419 g/mol. The minimum Gasteiger partial charge on any atom is -0.391 e. The Morgan fingerprint density at radius 3 is 3.13 bits per heavy atom. The molecule has 23 heavy (non-hydrogen) atoms. The first-order valence-electron chi connectivity index (χ1n) is 7.23. The topological polar surface area (TPSA) is 84.2 Å². The SMILES string of the molecule is O=C(C[C@H]1NCCC[C@@H]1O)Cn1cnc2c(Br)c(Cl)sc2c1=O. The van der Waals surface area contributed by atoms with E-state index in [1.807, 2.05) is 0 Å². The minimum atomic E-state index is -0.517. The summed E-state index contributed by atoms with van der Waals surface area (Å²) in [5.74, 6) is -0.117. The highest BCUT2D eigenvalue weighted by atomic mass is 79.9. The van der Waals surface area contributed by atoms with Crippen LogP contribution in [-0.4, -0.2) is 39.1 Å². The lowest BCUT2D eigenvalue weighted by Gasteiger charge is -2.28. The van der Waals surface area contributed by atoms with Crippen molar-refractivity contribution >= 4 is 54.9 Å². The van der Waals surface area contributed by atoms with E-state index < -0.39 is 6.10 Å². The molecule has 0 amide bonds. The number of ketones is 1. The molecule has 1 aliphatic rings. The van der Waals surface area contributed by atoms with Crippen molar-refractivity contribution in [1.82, 2.24) is 14.9 Å². The number of thiophene rings is 1. The zero-order valence-corrected chi connectivity index (χ0v) is 15.2. The first kappa shape index (κ1) is 17.0. The van der Waals surface area contributed by atoms with Crippen molar-refractivity contribution in [1.29, 1.82) is 0 Å². The van der Waals surface area contributed by atoms with Gasteiger partial charge in [0.15, 0.2) is 5.78 Å². The number of aromatic nitrogens is 2. The number of nitrogens with one attached hydrogen (secondary N) is 1. The zero-order chi connectivity index (χ0) is 16.6. The Bertz CT molecular complexity index is 806. The number of hydrogen-bond donors (Lipinski definition) is 2. The van der Waals surface area contributed by atoms with Crippen LogP contribution < -0.4 is 10.9 Å². The van der Waals surface area contributed by atoms with E-state index in [1.165, 1.54) is 10.9 Å². The number of aliphatic hydroxyl groups is 1. The number of fused-ring (bicyclic) bond motifs is 1. The maximum atomic E-state index is 12.4. The summed E-state index contributed by atoms with van der Waals surface area (Å²) in [4.78, 5) is 28.8. The van der Waals surface area contributed by atoms with Gasteiger partial charge in [0.25, 0.3) is 5.56 Å². The highest BCUT2D eigenvalue weighted by molar-refractivity contribution is 9.10. The summed E-state index contributed by atoms with van der Waals surface area (Å²) in [5.41, 5.74) is 0.233. The van der Waals surface area contributed by atoms with Gasteiger partial charge in [-0.15, -0.1) is 11.3 Å². The van der Waals surface area contributed by atoms with Crippen LogP contribution in [-0.2, 0) is 11.3 Å². The smallest absolute Gasteiger partial charge is 0.271 e. The second-order valence-corrected chi connectivity index (χ2v) is 7.97. The maximum Gasteiger partial charge on any atom is 0.271 e. The Morgan fingerprint density at radius 2 is 2.39 bits per heavy atom. The molecule has 2 aromatic heterocycles. The van der Waals surface area contributed by atoms with Gasteiger partial charge in [-0.1, -0.05) is 11.6 Å². The van der Waals surface area contributed by atoms with E-state index in [0.29, 0.717) is 25.4 Å². The van der Waals surface area contributed by atoms with Crippen molar-refractivity contribution in [3.8, 4) is 0 Å². The summed E-state index contributed by atoms with van der Waals surface area (Å²) in [5, 5.41) is 13.0. The maximum absolute atomic E-state index is 12.4. The van der Waals surface area contributed by atoms with Crippen LogP contribution in [0.4, 0.5) is 0 Å². The Morgan fingerprint density at radius 1 is 1.61 bits per heavy atom. The van der Waals surface area contributed by atoms with Gasteiger partial charge >= 0.3 is 0 Å². The predicted molar refractivity (Wildman–Crippen MR) is 93.2 cm³/mol. The fraction of sp³-hybridized carbons (Fsp3) is 0.500. The predicted octanol–water partition coefficient (Wildman–Crippen LogP) is 1.95. The molecule has 0 aliphatic carbocycles. The minimum absolute atomic E-state index is 0.0557. The molecule has 9 heteroatoms. The van der Waals surface area contributed by atoms with Gasteiger partial charge in [0.1, 0.15) is 14.6 Å². The van der Waals surface area contributed by atoms with Crippen molar-refractivity contribution in [2.75, 3.05) is 6.54 Å². The van der Waals surface area contributed by atoms with Crippen LogP contribution in [0.1, 0.15) is 19.3 Å². The Labute approximate surface area is 149 Å². The number of carbonyl (C=O) groups excluding carboxylic acids is 1. The van der Waals surface area contributed by atoms with Crippen LogP contribution in [0.15, 0.2) is 15.6 Å². The lowest BCUT2D eigenvalue weighted by atomic mass is 9.97. The quantitative estimate of drug-likeness (QED) is 0.790. The summed E-state index contributed by atoms with van der Waals surface area (Å²) in [6.07, 6.45) is 2.64. The number of aliphatic hydroxyl groups excluding tert-OH is 1. The van der Waals surface area contributed by atoms with E-state index >= 15 is 0 Å². The largest absolute Gasteiger partial charge is 0.391 e. The molecule has 3 rings (SSSR count). The lowest BCUT2D eigenvalue weighted by molar-refractivity contribution is -0.121. The van der Waals surface area contributed by atoms with Gasteiger partial charge in [-0.3, -0.25) is 14.2 Å². The van der Waals surface area contributed by atoms with Crippen LogP contribution in [0.2, 0.25) is 4.34 Å². The summed E-state index contributed by atoms with van der Waals surface area (Å²) in [6, 6.07) is -0.242. The number of rotatable bonds is 4. The first-order chi connectivity index (χ1) is 11.0. The fourth-order valence-electron chi connectivity index (χ4n) is 2.70. The van der Waals surface area contributed by atoms with E-state index in [2.05, 4.69) is 26.2 Å². The highest BCUT2D eigenvalue weighted by Crippen LogP contribution is 2.35. The van der Waals surface area contributed by atoms with Gasteiger partial charge in [-0.25, -0.2) is 4.98 Å². The number of Topliss-reactive ketones (excluding diaryl/α,β-unsaturated/α-hetero) is 1.